The highest BCUT2D eigenvalue weighted by Gasteiger charge is 2.13. The minimum atomic E-state index is -0.297. The molecule has 0 bridgehead atoms. The van der Waals surface area contributed by atoms with Crippen molar-refractivity contribution in [3.8, 4) is 11.6 Å². The van der Waals surface area contributed by atoms with Gasteiger partial charge in [-0.15, -0.1) is 0 Å². The lowest BCUT2D eigenvalue weighted by Crippen LogP contribution is -2.14. The van der Waals surface area contributed by atoms with Gasteiger partial charge in [-0.3, -0.25) is 9.36 Å². The Morgan fingerprint density at radius 2 is 2.04 bits per heavy atom. The van der Waals surface area contributed by atoms with Crippen molar-refractivity contribution in [3.63, 3.8) is 0 Å². The van der Waals surface area contributed by atoms with Crippen molar-refractivity contribution in [1.82, 2.24) is 19.5 Å². The van der Waals surface area contributed by atoms with Crippen LogP contribution in [-0.2, 0) is 0 Å². The number of imidazole rings is 1. The first-order valence-corrected chi connectivity index (χ1v) is 6.96. The summed E-state index contributed by atoms with van der Waals surface area (Å²) >= 11 is 0. The Hall–Kier alpha value is -3.22. The molecule has 2 heterocycles. The smallest absolute Gasteiger partial charge is 0.260 e. The van der Waals surface area contributed by atoms with E-state index in [0.29, 0.717) is 22.9 Å². The number of benzene rings is 1. The first-order valence-electron chi connectivity index (χ1n) is 6.96. The molecule has 116 valence electrons. The minimum Gasteiger partial charge on any atom is -0.496 e. The van der Waals surface area contributed by atoms with Crippen LogP contribution in [0.3, 0.4) is 0 Å². The fraction of sp³-hybridized carbons (Fsp3) is 0.125. The number of aromatic nitrogens is 4. The second-order valence-electron chi connectivity index (χ2n) is 4.76. The molecule has 0 aliphatic carbocycles. The number of methoxy groups -OCH3 is 1. The summed E-state index contributed by atoms with van der Waals surface area (Å²) in [7, 11) is 1.52. The molecule has 0 atom stereocenters. The van der Waals surface area contributed by atoms with Crippen LogP contribution in [0.4, 0.5) is 5.82 Å². The molecule has 2 aromatic heterocycles. The van der Waals surface area contributed by atoms with Gasteiger partial charge in [0, 0.05) is 18.5 Å². The summed E-state index contributed by atoms with van der Waals surface area (Å²) in [6.07, 6.45) is 4.88. The summed E-state index contributed by atoms with van der Waals surface area (Å²) in [6, 6.07) is 8.69. The third-order valence-electron chi connectivity index (χ3n) is 3.32. The first-order chi connectivity index (χ1) is 11.2. The Balaban J connectivity index is 1.86. The molecule has 0 saturated carbocycles. The van der Waals surface area contributed by atoms with Crippen LogP contribution in [0.5, 0.6) is 5.75 Å². The monoisotopic (exact) mass is 309 g/mol. The van der Waals surface area contributed by atoms with Gasteiger partial charge in [0.1, 0.15) is 29.5 Å². The lowest BCUT2D eigenvalue weighted by Gasteiger charge is -2.09. The number of ether oxygens (including phenoxy) is 1. The average Bonchev–Trinajstić information content (AvgIpc) is 3.01. The maximum Gasteiger partial charge on any atom is 0.260 e. The molecule has 0 fully saturated rings. The second-order valence-corrected chi connectivity index (χ2v) is 4.76. The van der Waals surface area contributed by atoms with Gasteiger partial charge in [-0.1, -0.05) is 12.1 Å². The third-order valence-corrected chi connectivity index (χ3v) is 3.32. The van der Waals surface area contributed by atoms with Crippen LogP contribution in [0.1, 0.15) is 16.2 Å². The van der Waals surface area contributed by atoms with E-state index in [1.807, 2.05) is 6.92 Å². The number of nitrogens with one attached hydrogen (secondary N) is 1. The highest BCUT2D eigenvalue weighted by molar-refractivity contribution is 6.05. The van der Waals surface area contributed by atoms with Crippen molar-refractivity contribution in [2.75, 3.05) is 12.4 Å². The SMILES string of the molecule is COc1ccccc1C(=O)Nc1cc(-n2ccnc2C)ncn1. The fourth-order valence-corrected chi connectivity index (χ4v) is 2.18. The van der Waals surface area contributed by atoms with Crippen LogP contribution >= 0.6 is 0 Å². The van der Waals surface area contributed by atoms with Crippen LogP contribution in [0.2, 0.25) is 0 Å². The predicted octanol–water partition coefficient (Wildman–Crippen LogP) is 2.23. The van der Waals surface area contributed by atoms with Crippen LogP contribution < -0.4 is 10.1 Å². The number of aryl methyl sites for hydroxylation is 1. The summed E-state index contributed by atoms with van der Waals surface area (Å²) in [4.78, 5) is 24.8. The van der Waals surface area contributed by atoms with Crippen LogP contribution in [0, 0.1) is 6.92 Å². The zero-order chi connectivity index (χ0) is 16.2. The van der Waals surface area contributed by atoms with Crippen molar-refractivity contribution < 1.29 is 9.53 Å². The van der Waals surface area contributed by atoms with E-state index in [0.717, 1.165) is 5.82 Å². The maximum absolute atomic E-state index is 12.4. The van der Waals surface area contributed by atoms with Gasteiger partial charge in [-0.2, -0.15) is 0 Å². The normalized spacial score (nSPS) is 10.3. The second kappa shape index (κ2) is 6.27. The van der Waals surface area contributed by atoms with E-state index in [1.165, 1.54) is 13.4 Å². The Morgan fingerprint density at radius 1 is 1.22 bits per heavy atom. The Kier molecular flexibility index (Phi) is 4.01. The Labute approximate surface area is 133 Å². The molecular weight excluding hydrogens is 294 g/mol. The van der Waals surface area contributed by atoms with Gasteiger partial charge in [0.05, 0.1) is 12.7 Å². The molecule has 1 amide bonds. The maximum atomic E-state index is 12.4. The van der Waals surface area contributed by atoms with E-state index in [-0.39, 0.29) is 5.91 Å². The summed E-state index contributed by atoms with van der Waals surface area (Å²) < 4.78 is 7.00. The third kappa shape index (κ3) is 3.03. The zero-order valence-corrected chi connectivity index (χ0v) is 12.7. The molecule has 0 spiro atoms. The van der Waals surface area contributed by atoms with E-state index in [4.69, 9.17) is 4.74 Å². The number of para-hydroxylation sites is 1. The van der Waals surface area contributed by atoms with Gasteiger partial charge in [0.2, 0.25) is 0 Å². The van der Waals surface area contributed by atoms with Crippen molar-refractivity contribution in [2.45, 2.75) is 6.92 Å². The number of anilines is 1. The molecule has 0 radical (unpaired) electrons. The van der Waals surface area contributed by atoms with Gasteiger partial charge in [0.25, 0.3) is 5.91 Å². The number of rotatable bonds is 4. The van der Waals surface area contributed by atoms with Crippen LogP contribution in [-0.4, -0.2) is 32.5 Å². The van der Waals surface area contributed by atoms with Gasteiger partial charge in [-0.25, -0.2) is 15.0 Å². The molecule has 7 nitrogen and oxygen atoms in total. The molecule has 1 aromatic carbocycles. The molecule has 1 N–H and O–H groups in total. The van der Waals surface area contributed by atoms with E-state index in [1.54, 1.807) is 47.3 Å². The summed E-state index contributed by atoms with van der Waals surface area (Å²) in [5.74, 6) is 2.04. The molecule has 0 saturated heterocycles. The van der Waals surface area contributed by atoms with Crippen molar-refractivity contribution in [2.24, 2.45) is 0 Å². The number of nitrogens with zero attached hydrogens (tertiary/aromatic N) is 4. The summed E-state index contributed by atoms with van der Waals surface area (Å²) in [5, 5.41) is 2.75. The van der Waals surface area contributed by atoms with Gasteiger partial charge < -0.3 is 10.1 Å². The molecule has 0 aliphatic heterocycles. The summed E-state index contributed by atoms with van der Waals surface area (Å²) in [5.41, 5.74) is 0.439. The first kappa shape index (κ1) is 14.7. The number of carbonyl (C=O) groups is 1. The molecule has 3 rings (SSSR count). The number of hydrogen-bond donors (Lipinski definition) is 1. The quantitative estimate of drug-likeness (QED) is 0.799. The topological polar surface area (TPSA) is 81.9 Å². The summed E-state index contributed by atoms with van der Waals surface area (Å²) in [6.45, 7) is 1.87. The number of hydrogen-bond acceptors (Lipinski definition) is 5. The minimum absolute atomic E-state index is 0.297. The highest BCUT2D eigenvalue weighted by atomic mass is 16.5. The molecule has 0 aliphatic rings. The average molecular weight is 309 g/mol. The highest BCUT2D eigenvalue weighted by Crippen LogP contribution is 2.19. The van der Waals surface area contributed by atoms with E-state index in [2.05, 4.69) is 20.3 Å². The lowest BCUT2D eigenvalue weighted by molar-refractivity contribution is 0.102. The number of carbonyl (C=O) groups excluding carboxylic acids is 1. The van der Waals surface area contributed by atoms with Gasteiger partial charge in [0.15, 0.2) is 0 Å². The molecule has 23 heavy (non-hydrogen) atoms. The Morgan fingerprint density at radius 3 is 2.78 bits per heavy atom. The zero-order valence-electron chi connectivity index (χ0n) is 12.7. The van der Waals surface area contributed by atoms with Crippen molar-refractivity contribution >= 4 is 11.7 Å². The van der Waals surface area contributed by atoms with Crippen LogP contribution in [0.15, 0.2) is 49.1 Å². The predicted molar refractivity (Wildman–Crippen MR) is 84.8 cm³/mol. The Bertz CT molecular complexity index is 844. The van der Waals surface area contributed by atoms with E-state index < -0.39 is 0 Å². The van der Waals surface area contributed by atoms with E-state index in [9.17, 15) is 4.79 Å². The molecule has 7 heteroatoms. The fourth-order valence-electron chi connectivity index (χ4n) is 2.18. The van der Waals surface area contributed by atoms with Crippen molar-refractivity contribution in [1.29, 1.82) is 0 Å². The van der Waals surface area contributed by atoms with E-state index >= 15 is 0 Å². The number of amides is 1. The standard InChI is InChI=1S/C16H15N5O2/c1-11-17-7-8-21(11)15-9-14(18-10-19-15)20-16(22)12-5-3-4-6-13(12)23-2/h3-10H,1-2H3,(H,18,19,20,22). The van der Waals surface area contributed by atoms with Gasteiger partial charge in [-0.05, 0) is 19.1 Å². The molecular formula is C16H15N5O2. The molecule has 0 unspecified atom stereocenters. The lowest BCUT2D eigenvalue weighted by atomic mass is 10.2. The van der Waals surface area contributed by atoms with Crippen molar-refractivity contribution in [3.05, 3.63) is 60.4 Å². The molecule has 3 aromatic rings. The largest absolute Gasteiger partial charge is 0.496 e. The van der Waals surface area contributed by atoms with Crippen LogP contribution in [0.25, 0.3) is 5.82 Å². The van der Waals surface area contributed by atoms with Gasteiger partial charge >= 0.3 is 0 Å².